The number of nitrogens with one attached hydrogen (secondary N) is 1. The summed E-state index contributed by atoms with van der Waals surface area (Å²) in [7, 11) is 0. The van der Waals surface area contributed by atoms with E-state index in [0.717, 1.165) is 6.07 Å². The Hall–Kier alpha value is -5.31. The van der Waals surface area contributed by atoms with E-state index in [1.165, 1.54) is 23.1 Å². The monoisotopic (exact) mass is 599 g/mol. The molecule has 0 bridgehead atoms. The molecule has 1 N–H and O–H groups in total. The molecule has 0 spiro atoms. The highest BCUT2D eigenvalue weighted by molar-refractivity contribution is 6.05. The van der Waals surface area contributed by atoms with Crippen molar-refractivity contribution in [3.63, 3.8) is 0 Å². The molecular weight excluding hydrogens is 572 g/mol. The molecule has 3 aliphatic rings. The number of anilines is 1. The number of benzene rings is 3. The van der Waals surface area contributed by atoms with E-state index >= 15 is 4.39 Å². The molecule has 3 heterocycles. The number of carbonyl (C=O) groups excluding carboxylic acids is 4. The van der Waals surface area contributed by atoms with E-state index in [1.807, 2.05) is 6.07 Å². The molecule has 12 heteroatoms. The Balaban J connectivity index is 1.08. The average Bonchev–Trinajstić information content (AvgIpc) is 3.36. The van der Waals surface area contributed by atoms with Gasteiger partial charge in [0.15, 0.2) is 0 Å². The Bertz CT molecular complexity index is 1730. The van der Waals surface area contributed by atoms with Gasteiger partial charge in [-0.1, -0.05) is 12.1 Å². The minimum Gasteiger partial charge on any atom is -0.488 e. The normalized spacial score (nSPS) is 18.2. The molecule has 1 atom stereocenters. The molecule has 0 saturated carbocycles. The topological polar surface area (TPSA) is 123 Å². The summed E-state index contributed by atoms with van der Waals surface area (Å²) in [6.45, 7) is 1.37. The van der Waals surface area contributed by atoms with Crippen LogP contribution in [-0.2, 0) is 22.7 Å². The number of piperazine rings is 1. The van der Waals surface area contributed by atoms with Gasteiger partial charge in [-0.3, -0.25) is 24.5 Å². The van der Waals surface area contributed by atoms with Gasteiger partial charge in [0.05, 0.1) is 23.9 Å². The highest BCUT2D eigenvalue weighted by atomic mass is 19.1. The van der Waals surface area contributed by atoms with Crippen molar-refractivity contribution in [1.82, 2.24) is 15.1 Å². The third kappa shape index (κ3) is 5.44. The van der Waals surface area contributed by atoms with Crippen LogP contribution < -0.4 is 15.0 Å². The van der Waals surface area contributed by atoms with Crippen molar-refractivity contribution in [2.45, 2.75) is 32.0 Å². The Kier molecular flexibility index (Phi) is 7.69. The molecular formula is C32H27F2N5O5. The number of amides is 4. The summed E-state index contributed by atoms with van der Waals surface area (Å²) >= 11 is 0. The zero-order chi connectivity index (χ0) is 31.0. The van der Waals surface area contributed by atoms with Gasteiger partial charge in [0.25, 0.3) is 11.8 Å². The van der Waals surface area contributed by atoms with Crippen molar-refractivity contribution in [2.24, 2.45) is 0 Å². The second kappa shape index (κ2) is 11.8. The van der Waals surface area contributed by atoms with E-state index in [2.05, 4.69) is 5.32 Å². The number of halogens is 2. The van der Waals surface area contributed by atoms with Gasteiger partial charge in [-0.25, -0.2) is 8.78 Å². The smallest absolute Gasteiger partial charge is 0.255 e. The lowest BCUT2D eigenvalue weighted by atomic mass is 10.0. The summed E-state index contributed by atoms with van der Waals surface area (Å²) < 4.78 is 35.5. The van der Waals surface area contributed by atoms with Gasteiger partial charge in [0, 0.05) is 54.9 Å². The predicted octanol–water partition coefficient (Wildman–Crippen LogP) is 3.14. The van der Waals surface area contributed by atoms with Crippen LogP contribution in [0.3, 0.4) is 0 Å². The van der Waals surface area contributed by atoms with Crippen LogP contribution in [0.15, 0.2) is 54.6 Å². The maximum absolute atomic E-state index is 15.1. The molecule has 0 radical (unpaired) electrons. The van der Waals surface area contributed by atoms with Crippen LogP contribution in [0.25, 0.3) is 0 Å². The number of nitriles is 1. The van der Waals surface area contributed by atoms with Gasteiger partial charge in [-0.05, 0) is 48.9 Å². The summed E-state index contributed by atoms with van der Waals surface area (Å²) in [4.78, 5) is 54.9. The number of nitrogens with zero attached hydrogens (tertiary/aromatic N) is 4. The van der Waals surface area contributed by atoms with Crippen molar-refractivity contribution in [3.05, 3.63) is 94.0 Å². The number of hydrogen-bond acceptors (Lipinski definition) is 7. The van der Waals surface area contributed by atoms with E-state index in [-0.39, 0.29) is 60.4 Å². The predicted molar refractivity (Wildman–Crippen MR) is 152 cm³/mol. The van der Waals surface area contributed by atoms with Crippen molar-refractivity contribution in [1.29, 1.82) is 5.26 Å². The molecule has 0 unspecified atom stereocenters. The Morgan fingerprint density at radius 2 is 1.80 bits per heavy atom. The SMILES string of the molecule is N#Cc1ccc(N2CCN(C(=O)c3ccc(COc4cccc5c4CN([C@H]4CCC(=O)NC4=O)C5=O)c(F)c3)CC2)c(F)c1. The van der Waals surface area contributed by atoms with Gasteiger partial charge in [-0.2, -0.15) is 5.26 Å². The highest BCUT2D eigenvalue weighted by Gasteiger charge is 2.40. The summed E-state index contributed by atoms with van der Waals surface area (Å²) in [5.74, 6) is -2.30. The number of piperidine rings is 1. The number of fused-ring (bicyclic) bond motifs is 1. The van der Waals surface area contributed by atoms with Crippen molar-refractivity contribution >= 4 is 29.3 Å². The zero-order valence-electron chi connectivity index (χ0n) is 23.5. The minimum absolute atomic E-state index is 0.123. The van der Waals surface area contributed by atoms with E-state index in [4.69, 9.17) is 10.00 Å². The highest BCUT2D eigenvalue weighted by Crippen LogP contribution is 2.34. The number of ether oxygens (including phenoxy) is 1. The Morgan fingerprint density at radius 3 is 2.50 bits per heavy atom. The summed E-state index contributed by atoms with van der Waals surface area (Å²) in [5.41, 5.74) is 1.95. The first-order chi connectivity index (χ1) is 21.2. The van der Waals surface area contributed by atoms with Crippen LogP contribution in [0, 0.1) is 23.0 Å². The van der Waals surface area contributed by atoms with Gasteiger partial charge >= 0.3 is 0 Å². The zero-order valence-corrected chi connectivity index (χ0v) is 23.5. The molecule has 4 amide bonds. The fourth-order valence-electron chi connectivity index (χ4n) is 5.81. The molecule has 3 aromatic carbocycles. The fraction of sp³-hybridized carbons (Fsp3) is 0.281. The van der Waals surface area contributed by atoms with Gasteiger partial charge in [-0.15, -0.1) is 0 Å². The minimum atomic E-state index is -0.761. The summed E-state index contributed by atoms with van der Waals surface area (Å²) in [6.07, 6.45) is 0.384. The number of carbonyl (C=O) groups is 4. The second-order valence-corrected chi connectivity index (χ2v) is 10.8. The molecule has 3 aromatic rings. The molecule has 44 heavy (non-hydrogen) atoms. The molecule has 0 aliphatic carbocycles. The summed E-state index contributed by atoms with van der Waals surface area (Å²) in [6, 6.07) is 14.5. The van der Waals surface area contributed by atoms with Crippen LogP contribution >= 0.6 is 0 Å². The van der Waals surface area contributed by atoms with Gasteiger partial charge in [0.2, 0.25) is 11.8 Å². The maximum atomic E-state index is 15.1. The van der Waals surface area contributed by atoms with E-state index in [0.29, 0.717) is 48.7 Å². The lowest BCUT2D eigenvalue weighted by molar-refractivity contribution is -0.136. The third-order valence-electron chi connectivity index (χ3n) is 8.21. The number of rotatable bonds is 6. The molecule has 0 aromatic heterocycles. The largest absolute Gasteiger partial charge is 0.488 e. The van der Waals surface area contributed by atoms with Crippen LogP contribution in [-0.4, -0.2) is 65.6 Å². The van der Waals surface area contributed by atoms with Crippen LogP contribution in [0.2, 0.25) is 0 Å². The lowest BCUT2D eigenvalue weighted by Gasteiger charge is -2.36. The van der Waals surface area contributed by atoms with Crippen molar-refractivity contribution < 1.29 is 32.7 Å². The van der Waals surface area contributed by atoms with Crippen molar-refractivity contribution in [3.8, 4) is 11.8 Å². The first kappa shape index (κ1) is 28.8. The Labute approximate surface area is 251 Å². The number of hydrogen-bond donors (Lipinski definition) is 1. The Morgan fingerprint density at radius 1 is 1.00 bits per heavy atom. The van der Waals surface area contributed by atoms with Gasteiger partial charge in [0.1, 0.15) is 30.0 Å². The van der Waals surface area contributed by atoms with Crippen LogP contribution in [0.5, 0.6) is 5.75 Å². The molecule has 10 nitrogen and oxygen atoms in total. The summed E-state index contributed by atoms with van der Waals surface area (Å²) in [5, 5.41) is 11.2. The van der Waals surface area contributed by atoms with E-state index in [9.17, 15) is 23.6 Å². The first-order valence-electron chi connectivity index (χ1n) is 14.1. The maximum Gasteiger partial charge on any atom is 0.255 e. The fourth-order valence-corrected chi connectivity index (χ4v) is 5.81. The third-order valence-corrected chi connectivity index (χ3v) is 8.21. The lowest BCUT2D eigenvalue weighted by Crippen LogP contribution is -2.52. The molecule has 2 fully saturated rings. The molecule has 3 aliphatic heterocycles. The molecule has 2 saturated heterocycles. The first-order valence-corrected chi connectivity index (χ1v) is 14.1. The van der Waals surface area contributed by atoms with E-state index in [1.54, 1.807) is 40.1 Å². The molecule has 224 valence electrons. The number of imide groups is 1. The standard InChI is InChI=1S/C32H27F2N5O5/c33-24-15-20(31(42)38-12-10-37(11-13-38)26-7-4-19(16-35)14-25(26)34)5-6-21(24)18-44-28-3-1-2-22-23(28)17-39(32(22)43)27-8-9-29(40)36-30(27)41/h1-7,14-15,27H,8-13,17-18H2,(H,36,40,41)/t27-/m0/s1. The van der Waals surface area contributed by atoms with Crippen molar-refractivity contribution in [2.75, 3.05) is 31.1 Å². The van der Waals surface area contributed by atoms with Crippen LogP contribution in [0.4, 0.5) is 14.5 Å². The quantitative estimate of drug-likeness (QED) is 0.432. The van der Waals surface area contributed by atoms with Gasteiger partial charge < -0.3 is 19.4 Å². The van der Waals surface area contributed by atoms with Crippen LogP contribution in [0.1, 0.15) is 50.2 Å². The average molecular weight is 600 g/mol. The second-order valence-electron chi connectivity index (χ2n) is 10.8. The molecule has 6 rings (SSSR count). The van der Waals surface area contributed by atoms with E-state index < -0.39 is 23.6 Å².